The summed E-state index contributed by atoms with van der Waals surface area (Å²) in [6.07, 6.45) is -0.746. The summed E-state index contributed by atoms with van der Waals surface area (Å²) in [6.45, 7) is 1.90. The number of ether oxygens (including phenoxy) is 2. The van der Waals surface area contributed by atoms with E-state index in [2.05, 4.69) is 42.5 Å². The van der Waals surface area contributed by atoms with Crippen LogP contribution in [-0.2, 0) is 14.3 Å². The maximum Gasteiger partial charge on any atom is 0.414 e. The van der Waals surface area contributed by atoms with Crippen LogP contribution in [0.5, 0.6) is 5.75 Å². The number of carbonyl (C=O) groups is 3. The number of aromatic hydroxyl groups is 1. The zero-order valence-electron chi connectivity index (χ0n) is 20.2. The van der Waals surface area contributed by atoms with Crippen LogP contribution >= 0.6 is 31.9 Å². The quantitative estimate of drug-likeness (QED) is 0.173. The molecule has 38 heavy (non-hydrogen) atoms. The fourth-order valence-corrected chi connectivity index (χ4v) is 4.67. The van der Waals surface area contributed by atoms with Crippen LogP contribution in [0.15, 0.2) is 87.8 Å². The van der Waals surface area contributed by atoms with Gasteiger partial charge in [0.25, 0.3) is 5.91 Å². The first-order valence-electron chi connectivity index (χ1n) is 11.4. The summed E-state index contributed by atoms with van der Waals surface area (Å²) >= 11 is 6.63. The number of halogens is 2. The molecule has 3 amide bonds. The highest BCUT2D eigenvalue weighted by atomic mass is 79.9. The molecule has 0 fully saturated rings. The van der Waals surface area contributed by atoms with Gasteiger partial charge in [-0.15, -0.1) is 0 Å². The third kappa shape index (κ3) is 7.91. The lowest BCUT2D eigenvalue weighted by atomic mass is 10.0. The van der Waals surface area contributed by atoms with Crippen LogP contribution < -0.4 is 16.4 Å². The zero-order chi connectivity index (χ0) is 27.7. The van der Waals surface area contributed by atoms with Crippen molar-refractivity contribution in [2.24, 2.45) is 0 Å². The highest BCUT2D eigenvalue weighted by molar-refractivity contribution is 9.11. The molecule has 198 valence electrons. The van der Waals surface area contributed by atoms with Gasteiger partial charge in [0.05, 0.1) is 15.8 Å². The Morgan fingerprint density at radius 3 is 2.42 bits per heavy atom. The van der Waals surface area contributed by atoms with Crippen LogP contribution in [0, 0.1) is 0 Å². The van der Waals surface area contributed by atoms with Gasteiger partial charge in [-0.3, -0.25) is 14.9 Å². The molecular formula is C27H25Br2N3O6. The number of para-hydroxylation sites is 2. The second-order valence-electron chi connectivity index (χ2n) is 7.83. The van der Waals surface area contributed by atoms with Crippen molar-refractivity contribution >= 4 is 61.1 Å². The van der Waals surface area contributed by atoms with E-state index in [1.54, 1.807) is 73.7 Å². The fraction of sp³-hybridized carbons (Fsp3) is 0.148. The molecule has 9 nitrogen and oxygen atoms in total. The predicted octanol–water partition coefficient (Wildman–Crippen LogP) is 5.71. The van der Waals surface area contributed by atoms with E-state index in [1.165, 1.54) is 12.2 Å². The molecule has 0 saturated heterocycles. The van der Waals surface area contributed by atoms with Gasteiger partial charge in [-0.05, 0) is 65.3 Å². The van der Waals surface area contributed by atoms with Crippen LogP contribution in [0.25, 0.3) is 0 Å². The van der Waals surface area contributed by atoms with Gasteiger partial charge in [-0.25, -0.2) is 4.79 Å². The lowest BCUT2D eigenvalue weighted by Crippen LogP contribution is -2.35. The molecule has 0 heterocycles. The van der Waals surface area contributed by atoms with Crippen LogP contribution in [-0.4, -0.2) is 35.7 Å². The fourth-order valence-electron chi connectivity index (χ4n) is 3.41. The van der Waals surface area contributed by atoms with Gasteiger partial charge >= 0.3 is 6.09 Å². The van der Waals surface area contributed by atoms with E-state index >= 15 is 0 Å². The Morgan fingerprint density at radius 1 is 1.05 bits per heavy atom. The normalized spacial score (nSPS) is 12.5. The monoisotopic (exact) mass is 645 g/mol. The predicted molar refractivity (Wildman–Crippen MR) is 151 cm³/mol. The van der Waals surface area contributed by atoms with Gasteiger partial charge in [-0.2, -0.15) is 0 Å². The minimum absolute atomic E-state index is 0.171. The summed E-state index contributed by atoms with van der Waals surface area (Å²) in [4.78, 5) is 37.9. The molecule has 0 saturated carbocycles. The van der Waals surface area contributed by atoms with Crippen LogP contribution in [0.2, 0.25) is 0 Å². The summed E-state index contributed by atoms with van der Waals surface area (Å²) in [6, 6.07) is 18.1. The molecule has 5 N–H and O–H groups in total. The van der Waals surface area contributed by atoms with Gasteiger partial charge < -0.3 is 25.6 Å². The Bertz CT molecular complexity index is 1330. The van der Waals surface area contributed by atoms with Crippen LogP contribution in [0.4, 0.5) is 16.2 Å². The van der Waals surface area contributed by atoms with Gasteiger partial charge in [0.15, 0.2) is 6.10 Å². The average molecular weight is 647 g/mol. The van der Waals surface area contributed by atoms with Gasteiger partial charge in [0.1, 0.15) is 11.9 Å². The molecule has 0 aliphatic carbocycles. The Balaban J connectivity index is 1.89. The summed E-state index contributed by atoms with van der Waals surface area (Å²) in [5.74, 6) is -1.38. The van der Waals surface area contributed by atoms with Gasteiger partial charge in [0.2, 0.25) is 5.91 Å². The Labute approximate surface area is 236 Å². The average Bonchev–Trinajstić information content (AvgIpc) is 2.89. The number of imide groups is 1. The number of phenols is 1. The topological polar surface area (TPSA) is 140 Å². The first-order chi connectivity index (χ1) is 18.2. The Morgan fingerprint density at radius 2 is 1.74 bits per heavy atom. The maximum atomic E-state index is 12.8. The lowest BCUT2D eigenvalue weighted by Gasteiger charge is -2.26. The van der Waals surface area contributed by atoms with Gasteiger partial charge in [0, 0.05) is 28.3 Å². The Kier molecular flexibility index (Phi) is 10.5. The molecule has 0 spiro atoms. The number of phenolic OH excluding ortho intramolecular Hbond substituents is 1. The molecule has 0 unspecified atom stereocenters. The summed E-state index contributed by atoms with van der Waals surface area (Å²) < 4.78 is 12.3. The lowest BCUT2D eigenvalue weighted by molar-refractivity contribution is -0.112. The van der Waals surface area contributed by atoms with E-state index in [1.807, 2.05) is 0 Å². The molecule has 11 heteroatoms. The molecule has 0 radical (unpaired) electrons. The number of nitrogen functional groups attached to an aromatic ring is 1. The zero-order valence-corrected chi connectivity index (χ0v) is 23.4. The van der Waals surface area contributed by atoms with Gasteiger partial charge in [-0.1, -0.05) is 46.3 Å². The van der Waals surface area contributed by atoms with Crippen molar-refractivity contribution in [2.75, 3.05) is 17.7 Å². The number of nitrogens with two attached hydrogens (primary N) is 1. The van der Waals surface area contributed by atoms with Crippen molar-refractivity contribution in [3.05, 3.63) is 99.0 Å². The summed E-state index contributed by atoms with van der Waals surface area (Å²) in [7, 11) is 0. The summed E-state index contributed by atoms with van der Waals surface area (Å²) in [5, 5.41) is 15.6. The molecule has 3 rings (SSSR count). The van der Waals surface area contributed by atoms with Crippen molar-refractivity contribution in [2.45, 2.75) is 19.1 Å². The Hall–Kier alpha value is -3.67. The van der Waals surface area contributed by atoms with Crippen molar-refractivity contribution < 1.29 is 29.0 Å². The molecular weight excluding hydrogens is 622 g/mol. The number of hydrogen-bond acceptors (Lipinski definition) is 7. The minimum atomic E-state index is -1.25. The SMILES string of the molecule is CCO[C@H](/C=C/C(=O)Nc1ccccc1N)[C@H](OC(=O)NC(=O)c1ccccc1)c1cc(Br)cc(Br)c1O. The van der Waals surface area contributed by atoms with E-state index < -0.39 is 30.1 Å². The molecule has 0 aliphatic heterocycles. The highest BCUT2D eigenvalue weighted by Crippen LogP contribution is 2.39. The molecule has 0 bridgehead atoms. The third-order valence-electron chi connectivity index (χ3n) is 5.16. The second kappa shape index (κ2) is 13.8. The second-order valence-corrected chi connectivity index (χ2v) is 9.60. The number of rotatable bonds is 9. The number of hydrogen-bond donors (Lipinski definition) is 4. The van der Waals surface area contributed by atoms with E-state index in [-0.39, 0.29) is 23.5 Å². The van der Waals surface area contributed by atoms with E-state index in [0.29, 0.717) is 20.3 Å². The van der Waals surface area contributed by atoms with Crippen molar-refractivity contribution in [3.63, 3.8) is 0 Å². The van der Waals surface area contributed by atoms with E-state index in [9.17, 15) is 19.5 Å². The molecule has 3 aromatic carbocycles. The minimum Gasteiger partial charge on any atom is -0.506 e. The molecule has 0 aliphatic rings. The third-order valence-corrected chi connectivity index (χ3v) is 6.23. The molecule has 0 aromatic heterocycles. The number of nitrogens with one attached hydrogen (secondary N) is 2. The largest absolute Gasteiger partial charge is 0.506 e. The number of alkyl carbamates (subject to hydrolysis) is 1. The standard InChI is InChI=1S/C27H25Br2N3O6/c1-2-37-22(12-13-23(33)31-21-11-7-6-10-20(21)30)25(18-14-17(28)15-19(29)24(18)34)38-27(36)32-26(35)16-8-4-3-5-9-16/h3-15,22,25,34H,2,30H2,1H3,(H,31,33)(H,32,35,36)/b13-12+/t22-,25-/m1/s1. The molecule has 3 aromatic rings. The van der Waals surface area contributed by atoms with E-state index in [4.69, 9.17) is 15.2 Å². The van der Waals surface area contributed by atoms with E-state index in [0.717, 1.165) is 0 Å². The molecule has 2 atom stereocenters. The van der Waals surface area contributed by atoms with Crippen LogP contribution in [0.1, 0.15) is 28.9 Å². The van der Waals surface area contributed by atoms with Crippen molar-refractivity contribution in [1.82, 2.24) is 5.32 Å². The first-order valence-corrected chi connectivity index (χ1v) is 13.0. The summed E-state index contributed by atoms with van der Waals surface area (Å²) in [5.41, 5.74) is 7.13. The van der Waals surface area contributed by atoms with Crippen molar-refractivity contribution in [3.8, 4) is 5.75 Å². The smallest absolute Gasteiger partial charge is 0.414 e. The van der Waals surface area contributed by atoms with Crippen molar-refractivity contribution in [1.29, 1.82) is 0 Å². The number of anilines is 2. The highest BCUT2D eigenvalue weighted by Gasteiger charge is 2.30. The first kappa shape index (κ1) is 28.9. The number of benzene rings is 3. The maximum absolute atomic E-state index is 12.8. The van der Waals surface area contributed by atoms with Crippen LogP contribution in [0.3, 0.4) is 0 Å². The number of carbonyl (C=O) groups excluding carboxylic acids is 3. The number of amides is 3.